The molecular weight excluding hydrogens is 373 g/mol. The number of benzene rings is 1. The third-order valence-electron chi connectivity index (χ3n) is 4.22. The van der Waals surface area contributed by atoms with Crippen LogP contribution in [0.5, 0.6) is 0 Å². The molecule has 1 amide bonds. The van der Waals surface area contributed by atoms with Gasteiger partial charge in [-0.1, -0.05) is 37.0 Å². The lowest BCUT2D eigenvalue weighted by Crippen LogP contribution is -2.37. The van der Waals surface area contributed by atoms with Crippen molar-refractivity contribution in [3.63, 3.8) is 0 Å². The van der Waals surface area contributed by atoms with E-state index in [-0.39, 0.29) is 11.9 Å². The second-order valence-electron chi connectivity index (χ2n) is 6.41. The molecule has 0 spiro atoms. The maximum absolute atomic E-state index is 12.8. The standard InChI is InChI=1S/C19H19Cl2N3O2/c1-11(2)12(3)22-19(25)17-10-16(18-5-4-8-26-18)23-24(17)13-6-7-14(20)15(21)9-13/h4-12H,1-3H3,(H,22,25). The normalized spacial score (nSPS) is 12.4. The van der Waals surface area contributed by atoms with Gasteiger partial charge in [0.2, 0.25) is 0 Å². The molecule has 0 aliphatic carbocycles. The number of hydrogen-bond donors (Lipinski definition) is 1. The predicted molar refractivity (Wildman–Crippen MR) is 103 cm³/mol. The molecule has 2 aromatic heterocycles. The van der Waals surface area contributed by atoms with Crippen LogP contribution in [0.15, 0.2) is 47.1 Å². The molecule has 0 aliphatic rings. The van der Waals surface area contributed by atoms with E-state index in [9.17, 15) is 4.79 Å². The molecule has 5 nitrogen and oxygen atoms in total. The molecule has 0 bridgehead atoms. The van der Waals surface area contributed by atoms with Gasteiger partial charge in [-0.05, 0) is 43.2 Å². The van der Waals surface area contributed by atoms with Gasteiger partial charge in [0.15, 0.2) is 5.76 Å². The quantitative estimate of drug-likeness (QED) is 0.648. The number of amides is 1. The van der Waals surface area contributed by atoms with Crippen LogP contribution in [0.4, 0.5) is 0 Å². The molecular formula is C19H19Cl2N3O2. The molecule has 0 radical (unpaired) electrons. The van der Waals surface area contributed by atoms with Crippen LogP contribution in [0.3, 0.4) is 0 Å². The van der Waals surface area contributed by atoms with Crippen molar-refractivity contribution in [1.82, 2.24) is 15.1 Å². The fourth-order valence-electron chi connectivity index (χ4n) is 2.35. The maximum atomic E-state index is 12.8. The van der Waals surface area contributed by atoms with Crippen molar-refractivity contribution in [1.29, 1.82) is 0 Å². The number of carbonyl (C=O) groups is 1. The molecule has 1 unspecified atom stereocenters. The Bertz CT molecular complexity index is 917. The summed E-state index contributed by atoms with van der Waals surface area (Å²) in [5.41, 5.74) is 1.59. The summed E-state index contributed by atoms with van der Waals surface area (Å²) in [5.74, 6) is 0.669. The zero-order chi connectivity index (χ0) is 18.8. The van der Waals surface area contributed by atoms with E-state index >= 15 is 0 Å². The first-order chi connectivity index (χ1) is 12.4. The van der Waals surface area contributed by atoms with Crippen molar-refractivity contribution in [2.24, 2.45) is 5.92 Å². The molecule has 136 valence electrons. The predicted octanol–water partition coefficient (Wildman–Crippen LogP) is 5.21. The Morgan fingerprint density at radius 3 is 2.54 bits per heavy atom. The maximum Gasteiger partial charge on any atom is 0.270 e. The molecule has 0 fully saturated rings. The topological polar surface area (TPSA) is 60.1 Å². The number of halogens is 2. The zero-order valence-electron chi connectivity index (χ0n) is 14.7. The number of carbonyl (C=O) groups excluding carboxylic acids is 1. The van der Waals surface area contributed by atoms with Crippen molar-refractivity contribution < 1.29 is 9.21 Å². The average Bonchev–Trinajstić information content (AvgIpc) is 3.26. The molecule has 2 heterocycles. The highest BCUT2D eigenvalue weighted by atomic mass is 35.5. The van der Waals surface area contributed by atoms with Gasteiger partial charge in [0.1, 0.15) is 11.4 Å². The molecule has 1 atom stereocenters. The van der Waals surface area contributed by atoms with Gasteiger partial charge in [0.25, 0.3) is 5.91 Å². The number of nitrogens with one attached hydrogen (secondary N) is 1. The van der Waals surface area contributed by atoms with E-state index in [0.717, 1.165) is 0 Å². The minimum absolute atomic E-state index is 0.0201. The summed E-state index contributed by atoms with van der Waals surface area (Å²) in [4.78, 5) is 12.8. The first-order valence-electron chi connectivity index (χ1n) is 8.27. The van der Waals surface area contributed by atoms with Crippen molar-refractivity contribution in [3.8, 4) is 17.1 Å². The van der Waals surface area contributed by atoms with Crippen molar-refractivity contribution >= 4 is 29.1 Å². The second kappa shape index (κ2) is 7.56. The molecule has 7 heteroatoms. The van der Waals surface area contributed by atoms with Crippen molar-refractivity contribution in [2.75, 3.05) is 0 Å². The third-order valence-corrected chi connectivity index (χ3v) is 4.96. The van der Waals surface area contributed by atoms with E-state index in [0.29, 0.717) is 38.8 Å². The largest absolute Gasteiger partial charge is 0.463 e. The number of nitrogens with zero attached hydrogens (tertiary/aromatic N) is 2. The van der Waals surface area contributed by atoms with E-state index in [1.165, 1.54) is 0 Å². The highest BCUT2D eigenvalue weighted by Crippen LogP contribution is 2.27. The van der Waals surface area contributed by atoms with Gasteiger partial charge in [-0.2, -0.15) is 5.10 Å². The number of furan rings is 1. The van der Waals surface area contributed by atoms with E-state index in [1.54, 1.807) is 47.3 Å². The third kappa shape index (κ3) is 3.79. The Morgan fingerprint density at radius 1 is 1.15 bits per heavy atom. The number of aromatic nitrogens is 2. The Labute approximate surface area is 161 Å². The van der Waals surface area contributed by atoms with E-state index in [4.69, 9.17) is 27.6 Å². The van der Waals surface area contributed by atoms with Crippen LogP contribution in [0.2, 0.25) is 10.0 Å². The summed E-state index contributed by atoms with van der Waals surface area (Å²) in [6.45, 7) is 6.07. The molecule has 1 N–H and O–H groups in total. The van der Waals surface area contributed by atoms with Crippen LogP contribution < -0.4 is 5.32 Å². The van der Waals surface area contributed by atoms with Crippen LogP contribution in [0, 0.1) is 5.92 Å². The molecule has 3 aromatic rings. The molecule has 0 saturated heterocycles. The fourth-order valence-corrected chi connectivity index (χ4v) is 2.64. The van der Waals surface area contributed by atoms with Gasteiger partial charge in [-0.25, -0.2) is 4.68 Å². The summed E-state index contributed by atoms with van der Waals surface area (Å²) in [5, 5.41) is 8.36. The number of rotatable bonds is 5. The monoisotopic (exact) mass is 391 g/mol. The van der Waals surface area contributed by atoms with Gasteiger partial charge < -0.3 is 9.73 Å². The first-order valence-corrected chi connectivity index (χ1v) is 9.02. The Morgan fingerprint density at radius 2 is 1.92 bits per heavy atom. The van der Waals surface area contributed by atoms with Crippen LogP contribution in [0.1, 0.15) is 31.3 Å². The van der Waals surface area contributed by atoms with Gasteiger partial charge >= 0.3 is 0 Å². The van der Waals surface area contributed by atoms with E-state index in [1.807, 2.05) is 6.92 Å². The zero-order valence-corrected chi connectivity index (χ0v) is 16.2. The summed E-state index contributed by atoms with van der Waals surface area (Å²) in [6, 6.07) is 10.4. The SMILES string of the molecule is CC(C)C(C)NC(=O)c1cc(-c2ccco2)nn1-c1ccc(Cl)c(Cl)c1. The molecule has 26 heavy (non-hydrogen) atoms. The summed E-state index contributed by atoms with van der Waals surface area (Å²) in [6.07, 6.45) is 1.56. The van der Waals surface area contributed by atoms with Crippen LogP contribution in [0.25, 0.3) is 17.1 Å². The Balaban J connectivity index is 2.06. The van der Waals surface area contributed by atoms with E-state index < -0.39 is 0 Å². The fraction of sp³-hybridized carbons (Fsp3) is 0.263. The van der Waals surface area contributed by atoms with Crippen LogP contribution >= 0.6 is 23.2 Å². The minimum Gasteiger partial charge on any atom is -0.463 e. The van der Waals surface area contributed by atoms with E-state index in [2.05, 4.69) is 24.3 Å². The molecule has 0 saturated carbocycles. The minimum atomic E-state index is -0.220. The lowest BCUT2D eigenvalue weighted by molar-refractivity contribution is 0.0922. The van der Waals surface area contributed by atoms with Gasteiger partial charge in [-0.15, -0.1) is 0 Å². The average molecular weight is 392 g/mol. The van der Waals surface area contributed by atoms with Gasteiger partial charge in [0.05, 0.1) is 22.0 Å². The summed E-state index contributed by atoms with van der Waals surface area (Å²) < 4.78 is 6.96. The second-order valence-corrected chi connectivity index (χ2v) is 7.22. The first kappa shape index (κ1) is 18.5. The Kier molecular flexibility index (Phi) is 5.39. The molecule has 0 aliphatic heterocycles. The molecule has 3 rings (SSSR count). The van der Waals surface area contributed by atoms with Gasteiger partial charge in [-0.3, -0.25) is 4.79 Å². The summed E-state index contributed by atoms with van der Waals surface area (Å²) in [7, 11) is 0. The van der Waals surface area contributed by atoms with Crippen molar-refractivity contribution in [2.45, 2.75) is 26.8 Å². The van der Waals surface area contributed by atoms with Gasteiger partial charge in [0, 0.05) is 12.1 Å². The number of hydrogen-bond acceptors (Lipinski definition) is 3. The van der Waals surface area contributed by atoms with Crippen LogP contribution in [-0.2, 0) is 0 Å². The highest BCUT2D eigenvalue weighted by molar-refractivity contribution is 6.42. The Hall–Kier alpha value is -2.24. The highest BCUT2D eigenvalue weighted by Gasteiger charge is 2.21. The summed E-state index contributed by atoms with van der Waals surface area (Å²) >= 11 is 12.1. The van der Waals surface area contributed by atoms with Crippen LogP contribution in [-0.4, -0.2) is 21.7 Å². The lowest BCUT2D eigenvalue weighted by Gasteiger charge is -2.17. The molecule has 1 aromatic carbocycles. The lowest BCUT2D eigenvalue weighted by atomic mass is 10.1. The van der Waals surface area contributed by atoms with Crippen molar-refractivity contribution in [3.05, 3.63) is 58.4 Å². The smallest absolute Gasteiger partial charge is 0.270 e.